The SMILES string of the molecule is c1cnc2c(c1)CNc1cc(N3CC4CCC(C3)O4)ccc1N2. The summed E-state index contributed by atoms with van der Waals surface area (Å²) in [4.78, 5) is 6.90. The van der Waals surface area contributed by atoms with Crippen LogP contribution in [-0.4, -0.2) is 30.3 Å². The summed E-state index contributed by atoms with van der Waals surface area (Å²) in [7, 11) is 0. The second kappa shape index (κ2) is 5.13. The van der Waals surface area contributed by atoms with Crippen molar-refractivity contribution in [3.8, 4) is 0 Å². The molecule has 1 aromatic heterocycles. The molecule has 0 amide bonds. The van der Waals surface area contributed by atoms with Crippen molar-refractivity contribution >= 4 is 22.9 Å². The van der Waals surface area contributed by atoms with E-state index in [9.17, 15) is 0 Å². The highest BCUT2D eigenvalue weighted by atomic mass is 16.5. The Hall–Kier alpha value is -2.27. The Labute approximate surface area is 135 Å². The average molecular weight is 308 g/mol. The second-order valence-electron chi connectivity index (χ2n) is 6.58. The zero-order chi connectivity index (χ0) is 15.2. The van der Waals surface area contributed by atoms with Crippen LogP contribution in [0.1, 0.15) is 18.4 Å². The van der Waals surface area contributed by atoms with Gasteiger partial charge in [0.2, 0.25) is 0 Å². The van der Waals surface area contributed by atoms with E-state index in [1.165, 1.54) is 24.1 Å². The van der Waals surface area contributed by atoms with E-state index in [2.05, 4.69) is 44.8 Å². The van der Waals surface area contributed by atoms with Gasteiger partial charge in [-0.1, -0.05) is 6.07 Å². The summed E-state index contributed by atoms with van der Waals surface area (Å²) in [6.07, 6.45) is 5.05. The van der Waals surface area contributed by atoms with Gasteiger partial charge in [0.15, 0.2) is 0 Å². The molecule has 2 N–H and O–H groups in total. The van der Waals surface area contributed by atoms with Crippen molar-refractivity contribution in [2.45, 2.75) is 31.6 Å². The molecule has 0 aliphatic carbocycles. The molecule has 2 saturated heterocycles. The fourth-order valence-electron chi connectivity index (χ4n) is 3.82. The van der Waals surface area contributed by atoms with Crippen LogP contribution in [0.4, 0.5) is 22.9 Å². The lowest BCUT2D eigenvalue weighted by Gasteiger charge is -2.34. The number of rotatable bonds is 1. The maximum absolute atomic E-state index is 5.95. The van der Waals surface area contributed by atoms with Crippen LogP contribution in [0, 0.1) is 0 Å². The first-order valence-electron chi connectivity index (χ1n) is 8.34. The van der Waals surface area contributed by atoms with E-state index >= 15 is 0 Å². The summed E-state index contributed by atoms with van der Waals surface area (Å²) >= 11 is 0. The molecule has 4 heterocycles. The van der Waals surface area contributed by atoms with Crippen LogP contribution >= 0.6 is 0 Å². The summed E-state index contributed by atoms with van der Waals surface area (Å²) in [5, 5.41) is 6.98. The van der Waals surface area contributed by atoms with Crippen molar-refractivity contribution in [1.82, 2.24) is 4.98 Å². The first kappa shape index (κ1) is 13.2. The Balaban J connectivity index is 1.45. The smallest absolute Gasteiger partial charge is 0.135 e. The van der Waals surface area contributed by atoms with E-state index in [1.807, 2.05) is 12.3 Å². The van der Waals surface area contributed by atoms with E-state index in [0.717, 1.165) is 36.8 Å². The normalized spacial score (nSPS) is 25.0. The van der Waals surface area contributed by atoms with Gasteiger partial charge >= 0.3 is 0 Å². The van der Waals surface area contributed by atoms with E-state index in [1.54, 1.807) is 0 Å². The number of anilines is 4. The van der Waals surface area contributed by atoms with Crippen molar-refractivity contribution in [2.75, 3.05) is 28.6 Å². The highest BCUT2D eigenvalue weighted by Crippen LogP contribution is 2.36. The summed E-state index contributed by atoms with van der Waals surface area (Å²) < 4.78 is 5.95. The van der Waals surface area contributed by atoms with Crippen LogP contribution in [0.5, 0.6) is 0 Å². The van der Waals surface area contributed by atoms with Gasteiger partial charge in [-0.2, -0.15) is 0 Å². The number of hydrogen-bond acceptors (Lipinski definition) is 5. The zero-order valence-electron chi connectivity index (χ0n) is 13.0. The molecule has 0 spiro atoms. The number of morpholine rings is 1. The molecule has 0 saturated carbocycles. The van der Waals surface area contributed by atoms with E-state index in [-0.39, 0.29) is 0 Å². The molecule has 2 fully saturated rings. The highest BCUT2D eigenvalue weighted by molar-refractivity contribution is 5.79. The number of hydrogen-bond donors (Lipinski definition) is 2. The van der Waals surface area contributed by atoms with E-state index in [0.29, 0.717) is 12.2 Å². The topological polar surface area (TPSA) is 49.4 Å². The molecular weight excluding hydrogens is 288 g/mol. The molecule has 118 valence electrons. The number of aromatic nitrogens is 1. The van der Waals surface area contributed by atoms with Crippen molar-refractivity contribution in [3.05, 3.63) is 42.1 Å². The van der Waals surface area contributed by atoms with Gasteiger partial charge < -0.3 is 20.3 Å². The fraction of sp³-hybridized carbons (Fsp3) is 0.389. The molecule has 1 aromatic carbocycles. The number of benzene rings is 1. The van der Waals surface area contributed by atoms with E-state index < -0.39 is 0 Å². The predicted molar refractivity (Wildman–Crippen MR) is 91.4 cm³/mol. The molecule has 2 atom stereocenters. The Kier molecular flexibility index (Phi) is 2.94. The molecule has 2 bridgehead atoms. The van der Waals surface area contributed by atoms with Crippen LogP contribution in [-0.2, 0) is 11.3 Å². The number of pyridine rings is 1. The standard InChI is InChI=1S/C18H20N4O/c1-2-12-9-20-17-8-13(3-6-16(17)21-18(12)19-7-1)22-10-14-4-5-15(11-22)23-14/h1-3,6-8,14-15,20H,4-5,9-11H2,(H,19,21). The lowest BCUT2D eigenvalue weighted by Crippen LogP contribution is -2.42. The highest BCUT2D eigenvalue weighted by Gasteiger charge is 2.33. The molecule has 2 aromatic rings. The van der Waals surface area contributed by atoms with Gasteiger partial charge in [0, 0.05) is 37.1 Å². The van der Waals surface area contributed by atoms with Crippen LogP contribution in [0.15, 0.2) is 36.5 Å². The first-order valence-corrected chi connectivity index (χ1v) is 8.34. The molecule has 5 nitrogen and oxygen atoms in total. The predicted octanol–water partition coefficient (Wildman–Crippen LogP) is 3.12. The van der Waals surface area contributed by atoms with Crippen LogP contribution in [0.3, 0.4) is 0 Å². The van der Waals surface area contributed by atoms with Gasteiger partial charge in [-0.15, -0.1) is 0 Å². The zero-order valence-corrected chi connectivity index (χ0v) is 13.0. The first-order chi connectivity index (χ1) is 11.3. The largest absolute Gasteiger partial charge is 0.379 e. The molecule has 3 aliphatic heterocycles. The third kappa shape index (κ3) is 2.32. The number of fused-ring (bicyclic) bond motifs is 4. The van der Waals surface area contributed by atoms with Gasteiger partial charge in [-0.05, 0) is 37.1 Å². The fourth-order valence-corrected chi connectivity index (χ4v) is 3.82. The Morgan fingerprint density at radius 2 is 1.96 bits per heavy atom. The van der Waals surface area contributed by atoms with E-state index in [4.69, 9.17) is 4.74 Å². The number of nitrogens with one attached hydrogen (secondary N) is 2. The third-order valence-electron chi connectivity index (χ3n) is 5.03. The maximum atomic E-state index is 5.95. The Morgan fingerprint density at radius 3 is 2.83 bits per heavy atom. The summed E-state index contributed by atoms with van der Waals surface area (Å²) in [5.41, 5.74) is 4.69. The van der Waals surface area contributed by atoms with Gasteiger partial charge in [0.25, 0.3) is 0 Å². The second-order valence-corrected chi connectivity index (χ2v) is 6.58. The monoisotopic (exact) mass is 308 g/mol. The van der Waals surface area contributed by atoms with Gasteiger partial charge in [0.05, 0.1) is 23.6 Å². The van der Waals surface area contributed by atoms with Crippen LogP contribution in [0.25, 0.3) is 0 Å². The lowest BCUT2D eigenvalue weighted by atomic mass is 10.2. The minimum atomic E-state index is 0.409. The average Bonchev–Trinajstić information content (AvgIpc) is 2.82. The minimum absolute atomic E-state index is 0.409. The lowest BCUT2D eigenvalue weighted by molar-refractivity contribution is 0.0305. The quantitative estimate of drug-likeness (QED) is 0.848. The molecule has 0 radical (unpaired) electrons. The van der Waals surface area contributed by atoms with Gasteiger partial charge in [0.1, 0.15) is 5.82 Å². The summed E-state index contributed by atoms with van der Waals surface area (Å²) in [5.74, 6) is 0.941. The molecule has 5 rings (SSSR count). The number of nitrogens with zero attached hydrogens (tertiary/aromatic N) is 2. The van der Waals surface area contributed by atoms with Crippen molar-refractivity contribution in [1.29, 1.82) is 0 Å². The molecule has 5 heteroatoms. The van der Waals surface area contributed by atoms with Crippen molar-refractivity contribution in [2.24, 2.45) is 0 Å². The minimum Gasteiger partial charge on any atom is -0.379 e. The third-order valence-corrected chi connectivity index (χ3v) is 5.03. The maximum Gasteiger partial charge on any atom is 0.135 e. The summed E-state index contributed by atoms with van der Waals surface area (Å²) in [6.45, 7) is 2.80. The van der Waals surface area contributed by atoms with Crippen molar-refractivity contribution in [3.63, 3.8) is 0 Å². The van der Waals surface area contributed by atoms with Crippen LogP contribution in [0.2, 0.25) is 0 Å². The molecule has 2 unspecified atom stereocenters. The molecular formula is C18H20N4O. The molecule has 23 heavy (non-hydrogen) atoms. The van der Waals surface area contributed by atoms with Gasteiger partial charge in [-0.25, -0.2) is 4.98 Å². The Morgan fingerprint density at radius 1 is 1.09 bits per heavy atom. The van der Waals surface area contributed by atoms with Crippen LogP contribution < -0.4 is 15.5 Å². The van der Waals surface area contributed by atoms with Gasteiger partial charge in [-0.3, -0.25) is 0 Å². The Bertz CT molecular complexity index is 736. The summed E-state index contributed by atoms with van der Waals surface area (Å²) in [6, 6.07) is 10.7. The molecule has 3 aliphatic rings. The van der Waals surface area contributed by atoms with Crippen molar-refractivity contribution < 1.29 is 4.74 Å². The number of ether oxygens (including phenoxy) is 1.